The van der Waals surface area contributed by atoms with Crippen molar-refractivity contribution >= 4 is 5.91 Å². The molecular weight excluding hydrogens is 341 g/mol. The first-order valence-electron chi connectivity index (χ1n) is 8.49. The van der Waals surface area contributed by atoms with E-state index >= 15 is 0 Å². The third kappa shape index (κ3) is 7.40. The maximum absolute atomic E-state index is 12.7. The van der Waals surface area contributed by atoms with Gasteiger partial charge in [-0.25, -0.2) is 0 Å². The van der Waals surface area contributed by atoms with Crippen LogP contribution in [-0.2, 0) is 6.42 Å². The van der Waals surface area contributed by atoms with E-state index < -0.39 is 30.8 Å². The van der Waals surface area contributed by atoms with Gasteiger partial charge < -0.3 is 5.32 Å². The van der Waals surface area contributed by atoms with Gasteiger partial charge in [-0.05, 0) is 37.0 Å². The molecule has 0 heterocycles. The van der Waals surface area contributed by atoms with E-state index in [1.807, 2.05) is 12.1 Å². The third-order valence-corrected chi connectivity index (χ3v) is 3.90. The number of benzene rings is 1. The summed E-state index contributed by atoms with van der Waals surface area (Å²) in [5, 5.41) is 2.36. The van der Waals surface area contributed by atoms with Crippen LogP contribution in [0.1, 0.15) is 61.4 Å². The second kappa shape index (κ2) is 9.73. The first-order chi connectivity index (χ1) is 11.7. The zero-order valence-electron chi connectivity index (χ0n) is 14.3. The second-order valence-corrected chi connectivity index (χ2v) is 6.07. The summed E-state index contributed by atoms with van der Waals surface area (Å²) >= 11 is 0. The molecule has 0 spiro atoms. The van der Waals surface area contributed by atoms with E-state index in [1.54, 1.807) is 12.1 Å². The van der Waals surface area contributed by atoms with E-state index in [4.69, 9.17) is 0 Å². The van der Waals surface area contributed by atoms with Gasteiger partial charge in [-0.15, -0.1) is 0 Å². The number of alkyl halides is 5. The standard InChI is InChI=1S/C18H24F5NO/c1-2-3-4-5-7-14-8-10-15(11-9-14)16(25)24-13-6-12-17(19,20)18(21,22)23/h8-11H,2-7,12-13H2,1H3,(H,24,25). The summed E-state index contributed by atoms with van der Waals surface area (Å²) in [6.07, 6.45) is -1.84. The Labute approximate surface area is 144 Å². The molecule has 0 atom stereocenters. The Morgan fingerprint density at radius 3 is 2.16 bits per heavy atom. The molecule has 0 saturated heterocycles. The van der Waals surface area contributed by atoms with Gasteiger partial charge in [0.2, 0.25) is 0 Å². The highest BCUT2D eigenvalue weighted by molar-refractivity contribution is 5.94. The summed E-state index contributed by atoms with van der Waals surface area (Å²) in [6, 6.07) is 6.93. The van der Waals surface area contributed by atoms with E-state index in [2.05, 4.69) is 12.2 Å². The average molecular weight is 365 g/mol. The number of unbranched alkanes of at least 4 members (excludes halogenated alkanes) is 3. The number of nitrogens with one attached hydrogen (secondary N) is 1. The smallest absolute Gasteiger partial charge is 0.352 e. The average Bonchev–Trinajstić information content (AvgIpc) is 2.55. The van der Waals surface area contributed by atoms with E-state index in [9.17, 15) is 26.7 Å². The molecule has 2 nitrogen and oxygen atoms in total. The fourth-order valence-corrected chi connectivity index (χ4v) is 2.33. The van der Waals surface area contributed by atoms with E-state index in [-0.39, 0.29) is 6.54 Å². The summed E-state index contributed by atoms with van der Waals surface area (Å²) in [4.78, 5) is 11.9. The van der Waals surface area contributed by atoms with Gasteiger partial charge >= 0.3 is 12.1 Å². The number of rotatable bonds is 10. The van der Waals surface area contributed by atoms with Crippen molar-refractivity contribution < 1.29 is 26.7 Å². The molecular formula is C18H24F5NO. The first-order valence-corrected chi connectivity index (χ1v) is 8.49. The van der Waals surface area contributed by atoms with Crippen molar-refractivity contribution in [2.24, 2.45) is 0 Å². The lowest BCUT2D eigenvalue weighted by atomic mass is 10.0. The molecule has 0 bridgehead atoms. The first kappa shape index (κ1) is 21.4. The number of hydrogen-bond acceptors (Lipinski definition) is 1. The van der Waals surface area contributed by atoms with Crippen molar-refractivity contribution in [3.05, 3.63) is 35.4 Å². The van der Waals surface area contributed by atoms with Crippen LogP contribution in [0.2, 0.25) is 0 Å². The van der Waals surface area contributed by atoms with E-state index in [1.165, 1.54) is 6.42 Å². The molecule has 0 aliphatic carbocycles. The number of amides is 1. The van der Waals surface area contributed by atoms with Crippen molar-refractivity contribution in [2.75, 3.05) is 6.54 Å². The largest absolute Gasteiger partial charge is 0.453 e. The minimum Gasteiger partial charge on any atom is -0.352 e. The monoisotopic (exact) mass is 365 g/mol. The van der Waals surface area contributed by atoms with Crippen LogP contribution in [0.4, 0.5) is 22.0 Å². The molecule has 0 aromatic heterocycles. The zero-order valence-corrected chi connectivity index (χ0v) is 14.3. The van der Waals surface area contributed by atoms with Gasteiger partial charge in [-0.3, -0.25) is 4.79 Å². The Morgan fingerprint density at radius 1 is 0.960 bits per heavy atom. The normalized spacial score (nSPS) is 12.2. The predicted octanol–water partition coefficient (Wildman–Crippen LogP) is 5.52. The molecule has 0 unspecified atom stereocenters. The Kier molecular flexibility index (Phi) is 8.32. The molecule has 1 N–H and O–H groups in total. The summed E-state index contributed by atoms with van der Waals surface area (Å²) in [5.74, 6) is -5.20. The molecule has 1 rings (SSSR count). The molecule has 0 radical (unpaired) electrons. The zero-order chi connectivity index (χ0) is 18.9. The van der Waals surface area contributed by atoms with Crippen molar-refractivity contribution in [1.29, 1.82) is 0 Å². The maximum Gasteiger partial charge on any atom is 0.453 e. The lowest BCUT2D eigenvalue weighted by Gasteiger charge is -2.19. The lowest BCUT2D eigenvalue weighted by Crippen LogP contribution is -2.37. The Hall–Kier alpha value is -1.66. The quantitative estimate of drug-likeness (QED) is 0.429. The molecule has 1 amide bonds. The molecule has 7 heteroatoms. The predicted molar refractivity (Wildman–Crippen MR) is 86.9 cm³/mol. The highest BCUT2D eigenvalue weighted by atomic mass is 19.4. The molecule has 25 heavy (non-hydrogen) atoms. The molecule has 1 aromatic carbocycles. The number of halogens is 5. The molecule has 0 aliphatic heterocycles. The van der Waals surface area contributed by atoms with Crippen LogP contribution in [0.15, 0.2) is 24.3 Å². The Balaban J connectivity index is 2.35. The van der Waals surface area contributed by atoms with Gasteiger partial charge in [-0.1, -0.05) is 38.3 Å². The van der Waals surface area contributed by atoms with E-state index in [0.29, 0.717) is 5.56 Å². The van der Waals surface area contributed by atoms with Crippen molar-refractivity contribution in [3.63, 3.8) is 0 Å². The van der Waals surface area contributed by atoms with Gasteiger partial charge in [0.1, 0.15) is 0 Å². The van der Waals surface area contributed by atoms with Gasteiger partial charge in [0, 0.05) is 18.5 Å². The number of aryl methyl sites for hydroxylation is 1. The second-order valence-electron chi connectivity index (χ2n) is 6.07. The van der Waals surface area contributed by atoms with Gasteiger partial charge in [0.15, 0.2) is 0 Å². The number of hydrogen-bond donors (Lipinski definition) is 1. The van der Waals surface area contributed by atoms with Gasteiger partial charge in [-0.2, -0.15) is 22.0 Å². The minimum atomic E-state index is -5.55. The fraction of sp³-hybridized carbons (Fsp3) is 0.611. The topological polar surface area (TPSA) is 29.1 Å². The van der Waals surface area contributed by atoms with Gasteiger partial charge in [0.05, 0.1) is 0 Å². The van der Waals surface area contributed by atoms with Crippen LogP contribution >= 0.6 is 0 Å². The molecule has 0 fully saturated rings. The van der Waals surface area contributed by atoms with Crippen LogP contribution in [-0.4, -0.2) is 24.6 Å². The summed E-state index contributed by atoms with van der Waals surface area (Å²) in [6.45, 7) is 1.90. The van der Waals surface area contributed by atoms with Crippen molar-refractivity contribution in [3.8, 4) is 0 Å². The van der Waals surface area contributed by atoms with Gasteiger partial charge in [0.25, 0.3) is 5.91 Å². The summed E-state index contributed by atoms with van der Waals surface area (Å²) in [5.41, 5.74) is 1.47. The molecule has 0 saturated carbocycles. The molecule has 142 valence electrons. The summed E-state index contributed by atoms with van der Waals surface area (Å²) < 4.78 is 61.5. The molecule has 1 aromatic rings. The lowest BCUT2D eigenvalue weighted by molar-refractivity contribution is -0.284. The minimum absolute atomic E-state index is 0.233. The van der Waals surface area contributed by atoms with Crippen LogP contribution in [0.5, 0.6) is 0 Å². The fourth-order valence-electron chi connectivity index (χ4n) is 2.33. The van der Waals surface area contributed by atoms with E-state index in [0.717, 1.165) is 31.2 Å². The summed E-state index contributed by atoms with van der Waals surface area (Å²) in [7, 11) is 0. The Morgan fingerprint density at radius 2 is 1.60 bits per heavy atom. The van der Waals surface area contributed by atoms with Crippen LogP contribution in [0.3, 0.4) is 0 Å². The number of carbonyl (C=O) groups is 1. The van der Waals surface area contributed by atoms with Crippen molar-refractivity contribution in [1.82, 2.24) is 5.32 Å². The van der Waals surface area contributed by atoms with Crippen LogP contribution < -0.4 is 5.32 Å². The maximum atomic E-state index is 12.7. The third-order valence-electron chi connectivity index (χ3n) is 3.90. The molecule has 0 aliphatic rings. The van der Waals surface area contributed by atoms with Crippen LogP contribution in [0.25, 0.3) is 0 Å². The number of carbonyl (C=O) groups excluding carboxylic acids is 1. The van der Waals surface area contributed by atoms with Crippen LogP contribution in [0, 0.1) is 0 Å². The highest BCUT2D eigenvalue weighted by Crippen LogP contribution is 2.38. The Bertz CT molecular complexity index is 525. The highest BCUT2D eigenvalue weighted by Gasteiger charge is 2.56. The SMILES string of the molecule is CCCCCCc1ccc(C(=O)NCCCC(F)(F)C(F)(F)F)cc1. The van der Waals surface area contributed by atoms with Crippen molar-refractivity contribution in [2.45, 2.75) is 64.0 Å².